The first-order valence-corrected chi connectivity index (χ1v) is 8.08. The molecule has 0 radical (unpaired) electrons. The number of carbonyl (C=O) groups is 2. The number of aliphatic hydroxyl groups is 1. The van der Waals surface area contributed by atoms with Crippen molar-refractivity contribution in [1.29, 1.82) is 0 Å². The van der Waals surface area contributed by atoms with Gasteiger partial charge < -0.3 is 14.9 Å². The van der Waals surface area contributed by atoms with Crippen molar-refractivity contribution < 1.29 is 14.7 Å². The van der Waals surface area contributed by atoms with Crippen molar-refractivity contribution in [2.75, 3.05) is 26.7 Å². The van der Waals surface area contributed by atoms with Crippen LogP contribution >= 0.6 is 0 Å². The van der Waals surface area contributed by atoms with Crippen LogP contribution in [-0.4, -0.2) is 59.5 Å². The molecular formula is C16H30N2O3. The Labute approximate surface area is 128 Å². The number of piperidine rings is 1. The van der Waals surface area contributed by atoms with Crippen molar-refractivity contribution in [3.63, 3.8) is 0 Å². The van der Waals surface area contributed by atoms with Crippen molar-refractivity contribution in [3.8, 4) is 0 Å². The lowest BCUT2D eigenvalue weighted by molar-refractivity contribution is -0.142. The molecule has 0 spiro atoms. The van der Waals surface area contributed by atoms with Gasteiger partial charge in [0.25, 0.3) is 0 Å². The molecule has 3 unspecified atom stereocenters. The summed E-state index contributed by atoms with van der Waals surface area (Å²) < 4.78 is 0. The summed E-state index contributed by atoms with van der Waals surface area (Å²) in [6, 6.07) is 0. The third-order valence-corrected chi connectivity index (χ3v) is 4.37. The second-order valence-electron chi connectivity index (χ2n) is 6.33. The number of likely N-dealkylation sites (tertiary alicyclic amines) is 1. The highest BCUT2D eigenvalue weighted by Crippen LogP contribution is 2.21. The maximum absolute atomic E-state index is 12.4. The van der Waals surface area contributed by atoms with E-state index in [0.29, 0.717) is 19.5 Å². The van der Waals surface area contributed by atoms with Crippen molar-refractivity contribution >= 4 is 11.8 Å². The lowest BCUT2D eigenvalue weighted by Crippen LogP contribution is -2.47. The van der Waals surface area contributed by atoms with Gasteiger partial charge in [-0.05, 0) is 32.6 Å². The molecule has 2 amide bonds. The van der Waals surface area contributed by atoms with E-state index in [-0.39, 0.29) is 23.7 Å². The largest absolute Gasteiger partial charge is 0.393 e. The normalized spacial score (nSPS) is 21.8. The van der Waals surface area contributed by atoms with Crippen LogP contribution < -0.4 is 0 Å². The van der Waals surface area contributed by atoms with Crippen LogP contribution in [0.25, 0.3) is 0 Å². The zero-order chi connectivity index (χ0) is 16.0. The Kier molecular flexibility index (Phi) is 7.15. The molecule has 5 nitrogen and oxygen atoms in total. The number of rotatable bonds is 6. The molecule has 1 fully saturated rings. The van der Waals surface area contributed by atoms with Gasteiger partial charge in [0.1, 0.15) is 0 Å². The van der Waals surface area contributed by atoms with Gasteiger partial charge in [-0.15, -0.1) is 0 Å². The summed E-state index contributed by atoms with van der Waals surface area (Å²) in [7, 11) is 1.78. The van der Waals surface area contributed by atoms with Crippen molar-refractivity contribution in [2.45, 2.75) is 52.6 Å². The molecular weight excluding hydrogens is 268 g/mol. The van der Waals surface area contributed by atoms with Gasteiger partial charge in [-0.1, -0.05) is 13.8 Å². The number of amides is 2. The number of hydrogen-bond donors (Lipinski definition) is 1. The third-order valence-electron chi connectivity index (χ3n) is 4.37. The first kappa shape index (κ1) is 18.0. The molecule has 1 saturated heterocycles. The Bertz CT molecular complexity index is 357. The molecule has 0 aromatic carbocycles. The highest BCUT2D eigenvalue weighted by molar-refractivity contribution is 5.82. The summed E-state index contributed by atoms with van der Waals surface area (Å²) in [6.45, 7) is 7.56. The molecule has 122 valence electrons. The molecule has 0 saturated carbocycles. The van der Waals surface area contributed by atoms with Crippen LogP contribution in [0.1, 0.15) is 46.5 Å². The highest BCUT2D eigenvalue weighted by Gasteiger charge is 2.31. The summed E-state index contributed by atoms with van der Waals surface area (Å²) in [5.74, 6) is 0.205. The van der Waals surface area contributed by atoms with Gasteiger partial charge >= 0.3 is 0 Å². The van der Waals surface area contributed by atoms with Crippen LogP contribution in [0.5, 0.6) is 0 Å². The molecule has 1 aliphatic rings. The number of nitrogens with zero attached hydrogens (tertiary/aromatic N) is 2. The Balaban J connectivity index is 2.55. The smallest absolute Gasteiger partial charge is 0.227 e. The predicted molar refractivity (Wildman–Crippen MR) is 82.7 cm³/mol. The van der Waals surface area contributed by atoms with Gasteiger partial charge in [-0.3, -0.25) is 9.59 Å². The van der Waals surface area contributed by atoms with Crippen LogP contribution in [0, 0.1) is 11.8 Å². The maximum Gasteiger partial charge on any atom is 0.227 e. The van der Waals surface area contributed by atoms with Crippen molar-refractivity contribution in [3.05, 3.63) is 0 Å². The molecule has 5 heteroatoms. The summed E-state index contributed by atoms with van der Waals surface area (Å²) in [4.78, 5) is 28.2. The standard InChI is InChI=1S/C16H30N2O3/c1-5-12(2)15(20)18-9-6-7-14(11-18)16(21)17(4)10-8-13(3)19/h12-14,19H,5-11H2,1-4H3. The molecule has 1 N–H and O–H groups in total. The molecule has 1 heterocycles. The fourth-order valence-corrected chi connectivity index (χ4v) is 2.67. The number of hydrogen-bond acceptors (Lipinski definition) is 3. The van der Waals surface area contributed by atoms with Crippen LogP contribution in [0.2, 0.25) is 0 Å². The van der Waals surface area contributed by atoms with Crippen molar-refractivity contribution in [2.24, 2.45) is 11.8 Å². The average molecular weight is 298 g/mol. The zero-order valence-electron chi connectivity index (χ0n) is 13.8. The topological polar surface area (TPSA) is 60.9 Å². The molecule has 0 aromatic rings. The zero-order valence-corrected chi connectivity index (χ0v) is 13.8. The SMILES string of the molecule is CCC(C)C(=O)N1CCCC(C(=O)N(C)CCC(C)O)C1. The van der Waals surface area contributed by atoms with Crippen LogP contribution in [0.4, 0.5) is 0 Å². The number of carbonyl (C=O) groups excluding carboxylic acids is 2. The Morgan fingerprint density at radius 3 is 2.62 bits per heavy atom. The maximum atomic E-state index is 12.4. The second-order valence-corrected chi connectivity index (χ2v) is 6.33. The lowest BCUT2D eigenvalue weighted by Gasteiger charge is -2.35. The first-order chi connectivity index (χ1) is 9.86. The van der Waals surface area contributed by atoms with E-state index in [9.17, 15) is 14.7 Å². The highest BCUT2D eigenvalue weighted by atomic mass is 16.3. The molecule has 0 aromatic heterocycles. The molecule has 1 rings (SSSR count). The summed E-state index contributed by atoms with van der Waals surface area (Å²) >= 11 is 0. The van der Waals surface area contributed by atoms with Crippen LogP contribution in [-0.2, 0) is 9.59 Å². The Hall–Kier alpha value is -1.10. The Morgan fingerprint density at radius 1 is 1.38 bits per heavy atom. The van der Waals surface area contributed by atoms with E-state index in [0.717, 1.165) is 25.8 Å². The van der Waals surface area contributed by atoms with E-state index < -0.39 is 6.10 Å². The van der Waals surface area contributed by atoms with E-state index in [4.69, 9.17) is 0 Å². The molecule has 0 bridgehead atoms. The summed E-state index contributed by atoms with van der Waals surface area (Å²) in [5, 5.41) is 9.31. The van der Waals surface area contributed by atoms with Crippen LogP contribution in [0.3, 0.4) is 0 Å². The van der Waals surface area contributed by atoms with E-state index in [2.05, 4.69) is 0 Å². The van der Waals surface area contributed by atoms with Gasteiger partial charge in [0.05, 0.1) is 12.0 Å². The van der Waals surface area contributed by atoms with Gasteiger partial charge in [0.15, 0.2) is 0 Å². The number of aliphatic hydroxyl groups excluding tert-OH is 1. The predicted octanol–water partition coefficient (Wildman–Crippen LogP) is 1.50. The van der Waals surface area contributed by atoms with Gasteiger partial charge in [-0.25, -0.2) is 0 Å². The van der Waals surface area contributed by atoms with E-state index >= 15 is 0 Å². The molecule has 21 heavy (non-hydrogen) atoms. The van der Waals surface area contributed by atoms with Crippen molar-refractivity contribution in [1.82, 2.24) is 9.80 Å². The monoisotopic (exact) mass is 298 g/mol. The minimum Gasteiger partial charge on any atom is -0.393 e. The third kappa shape index (κ3) is 5.30. The second kappa shape index (κ2) is 8.37. The molecule has 1 aliphatic heterocycles. The minimum atomic E-state index is -0.393. The first-order valence-electron chi connectivity index (χ1n) is 8.08. The summed E-state index contributed by atoms with van der Waals surface area (Å²) in [5.41, 5.74) is 0. The van der Waals surface area contributed by atoms with Gasteiger partial charge in [-0.2, -0.15) is 0 Å². The minimum absolute atomic E-state index is 0.0341. The van der Waals surface area contributed by atoms with E-state index in [1.54, 1.807) is 18.9 Å². The molecule has 3 atom stereocenters. The van der Waals surface area contributed by atoms with Gasteiger partial charge in [0.2, 0.25) is 11.8 Å². The summed E-state index contributed by atoms with van der Waals surface area (Å²) in [6.07, 6.45) is 2.77. The van der Waals surface area contributed by atoms with Gasteiger partial charge in [0, 0.05) is 32.6 Å². The van der Waals surface area contributed by atoms with Crippen LogP contribution in [0.15, 0.2) is 0 Å². The fourth-order valence-electron chi connectivity index (χ4n) is 2.67. The fraction of sp³-hybridized carbons (Fsp3) is 0.875. The lowest BCUT2D eigenvalue weighted by atomic mass is 9.95. The Morgan fingerprint density at radius 2 is 2.05 bits per heavy atom. The molecule has 0 aliphatic carbocycles. The van der Waals surface area contributed by atoms with E-state index in [1.165, 1.54) is 0 Å². The van der Waals surface area contributed by atoms with E-state index in [1.807, 2.05) is 18.7 Å². The average Bonchev–Trinajstić information content (AvgIpc) is 2.50. The quantitative estimate of drug-likeness (QED) is 0.808.